The molecule has 0 spiro atoms. The first-order valence-corrected chi connectivity index (χ1v) is 8.19. The SMILES string of the molecule is Cc1cccc(C(CCOC(C)(C)C)CNCC(C)C)c1. The third kappa shape index (κ3) is 8.23. The van der Waals surface area contributed by atoms with Crippen LogP contribution in [0, 0.1) is 12.8 Å². The molecule has 0 radical (unpaired) electrons. The lowest BCUT2D eigenvalue weighted by Crippen LogP contribution is -2.27. The summed E-state index contributed by atoms with van der Waals surface area (Å²) in [5.74, 6) is 1.21. The highest BCUT2D eigenvalue weighted by atomic mass is 16.5. The van der Waals surface area contributed by atoms with Crippen molar-refractivity contribution >= 4 is 0 Å². The molecular weight excluding hydrogens is 258 g/mol. The van der Waals surface area contributed by atoms with Crippen LogP contribution < -0.4 is 5.32 Å². The summed E-state index contributed by atoms with van der Waals surface area (Å²) in [6.07, 6.45) is 1.06. The Labute approximate surface area is 131 Å². The van der Waals surface area contributed by atoms with Gasteiger partial charge in [0.25, 0.3) is 0 Å². The zero-order valence-electron chi connectivity index (χ0n) is 14.7. The summed E-state index contributed by atoms with van der Waals surface area (Å²) in [6.45, 7) is 15.9. The second-order valence-corrected chi connectivity index (χ2v) is 7.41. The minimum absolute atomic E-state index is 0.0531. The van der Waals surface area contributed by atoms with E-state index in [4.69, 9.17) is 4.74 Å². The molecule has 120 valence electrons. The van der Waals surface area contributed by atoms with Crippen LogP contribution in [0.25, 0.3) is 0 Å². The molecule has 1 unspecified atom stereocenters. The normalized spacial score (nSPS) is 13.7. The van der Waals surface area contributed by atoms with Crippen molar-refractivity contribution < 1.29 is 4.74 Å². The Hall–Kier alpha value is -0.860. The third-order valence-corrected chi connectivity index (χ3v) is 3.46. The Kier molecular flexibility index (Phi) is 7.41. The first kappa shape index (κ1) is 18.2. The molecule has 1 aromatic rings. The lowest BCUT2D eigenvalue weighted by Gasteiger charge is -2.23. The van der Waals surface area contributed by atoms with Gasteiger partial charge in [0.05, 0.1) is 5.60 Å². The standard InChI is InChI=1S/C19H33NO/c1-15(2)13-20-14-18(10-11-21-19(4,5)6)17-9-7-8-16(3)12-17/h7-9,12,15,18,20H,10-11,13-14H2,1-6H3. The van der Waals surface area contributed by atoms with Crippen LogP contribution in [-0.2, 0) is 4.74 Å². The number of benzene rings is 1. The van der Waals surface area contributed by atoms with Gasteiger partial charge in [0.15, 0.2) is 0 Å². The van der Waals surface area contributed by atoms with Gasteiger partial charge in [0.2, 0.25) is 0 Å². The van der Waals surface area contributed by atoms with Crippen molar-refractivity contribution in [3.63, 3.8) is 0 Å². The average Bonchev–Trinajstić information content (AvgIpc) is 2.35. The van der Waals surface area contributed by atoms with Crippen molar-refractivity contribution in [3.05, 3.63) is 35.4 Å². The number of hydrogen-bond acceptors (Lipinski definition) is 2. The van der Waals surface area contributed by atoms with E-state index in [1.807, 2.05) is 0 Å². The molecule has 0 amide bonds. The minimum Gasteiger partial charge on any atom is -0.376 e. The summed E-state index contributed by atoms with van der Waals surface area (Å²) >= 11 is 0. The van der Waals surface area contributed by atoms with Crippen molar-refractivity contribution in [2.75, 3.05) is 19.7 Å². The van der Waals surface area contributed by atoms with Gasteiger partial charge < -0.3 is 10.1 Å². The van der Waals surface area contributed by atoms with Gasteiger partial charge in [0.1, 0.15) is 0 Å². The Bertz CT molecular complexity index is 406. The molecule has 0 saturated carbocycles. The van der Waals surface area contributed by atoms with E-state index in [-0.39, 0.29) is 5.60 Å². The fraction of sp³-hybridized carbons (Fsp3) is 0.684. The number of nitrogens with one attached hydrogen (secondary N) is 1. The molecule has 0 aliphatic rings. The van der Waals surface area contributed by atoms with Crippen LogP contribution in [0.3, 0.4) is 0 Å². The van der Waals surface area contributed by atoms with E-state index in [1.54, 1.807) is 0 Å². The molecular formula is C19H33NO. The Balaban J connectivity index is 2.61. The molecule has 0 saturated heterocycles. The molecule has 1 atom stereocenters. The maximum atomic E-state index is 5.91. The fourth-order valence-corrected chi connectivity index (χ4v) is 2.36. The molecule has 21 heavy (non-hydrogen) atoms. The predicted octanol–water partition coefficient (Wildman–Crippen LogP) is 4.53. The van der Waals surface area contributed by atoms with E-state index >= 15 is 0 Å². The van der Waals surface area contributed by atoms with Crippen LogP contribution in [0.2, 0.25) is 0 Å². The van der Waals surface area contributed by atoms with Crippen molar-refractivity contribution in [1.29, 1.82) is 0 Å². The van der Waals surface area contributed by atoms with Crippen LogP contribution in [0.15, 0.2) is 24.3 Å². The molecule has 0 aliphatic heterocycles. The molecule has 2 heteroatoms. The summed E-state index contributed by atoms with van der Waals surface area (Å²) in [7, 11) is 0. The Morgan fingerprint density at radius 3 is 2.43 bits per heavy atom. The van der Waals surface area contributed by atoms with Gasteiger partial charge in [0, 0.05) is 13.2 Å². The van der Waals surface area contributed by atoms with Gasteiger partial charge in [-0.3, -0.25) is 0 Å². The van der Waals surface area contributed by atoms with Crippen molar-refractivity contribution in [2.24, 2.45) is 5.92 Å². The number of aryl methyl sites for hydroxylation is 1. The van der Waals surface area contributed by atoms with Crippen LogP contribution in [0.4, 0.5) is 0 Å². The molecule has 0 aliphatic carbocycles. The summed E-state index contributed by atoms with van der Waals surface area (Å²) in [5, 5.41) is 3.59. The molecule has 1 aromatic carbocycles. The summed E-state index contributed by atoms with van der Waals surface area (Å²) in [6, 6.07) is 8.86. The summed E-state index contributed by atoms with van der Waals surface area (Å²) in [4.78, 5) is 0. The molecule has 0 bridgehead atoms. The van der Waals surface area contributed by atoms with Crippen LogP contribution in [0.5, 0.6) is 0 Å². The lowest BCUT2D eigenvalue weighted by atomic mass is 9.94. The van der Waals surface area contributed by atoms with Crippen LogP contribution >= 0.6 is 0 Å². The topological polar surface area (TPSA) is 21.3 Å². The monoisotopic (exact) mass is 291 g/mol. The maximum Gasteiger partial charge on any atom is 0.0598 e. The minimum atomic E-state index is -0.0531. The van der Waals surface area contributed by atoms with E-state index < -0.39 is 0 Å². The second kappa shape index (κ2) is 8.55. The average molecular weight is 291 g/mol. The fourth-order valence-electron chi connectivity index (χ4n) is 2.36. The molecule has 0 fully saturated rings. The third-order valence-electron chi connectivity index (χ3n) is 3.46. The quantitative estimate of drug-likeness (QED) is 0.760. The predicted molar refractivity (Wildman–Crippen MR) is 91.9 cm³/mol. The second-order valence-electron chi connectivity index (χ2n) is 7.41. The van der Waals surface area contributed by atoms with E-state index in [9.17, 15) is 0 Å². The lowest BCUT2D eigenvalue weighted by molar-refractivity contribution is -0.00624. The van der Waals surface area contributed by atoms with E-state index in [0.29, 0.717) is 11.8 Å². The summed E-state index contributed by atoms with van der Waals surface area (Å²) < 4.78 is 5.91. The number of rotatable bonds is 8. The number of ether oxygens (including phenoxy) is 1. The van der Waals surface area contributed by atoms with Crippen molar-refractivity contribution in [1.82, 2.24) is 5.32 Å². The zero-order chi connectivity index (χ0) is 15.9. The van der Waals surface area contributed by atoms with Crippen LogP contribution in [0.1, 0.15) is 58.1 Å². The summed E-state index contributed by atoms with van der Waals surface area (Å²) in [5.41, 5.74) is 2.70. The van der Waals surface area contributed by atoms with Crippen molar-refractivity contribution in [2.45, 2.75) is 59.5 Å². The van der Waals surface area contributed by atoms with Gasteiger partial charge in [-0.25, -0.2) is 0 Å². The largest absolute Gasteiger partial charge is 0.376 e. The highest BCUT2D eigenvalue weighted by molar-refractivity contribution is 5.25. The first-order chi connectivity index (χ1) is 9.78. The van der Waals surface area contributed by atoms with Gasteiger partial charge in [-0.2, -0.15) is 0 Å². The van der Waals surface area contributed by atoms with Crippen LogP contribution in [-0.4, -0.2) is 25.3 Å². The smallest absolute Gasteiger partial charge is 0.0598 e. The van der Waals surface area contributed by atoms with Gasteiger partial charge in [-0.15, -0.1) is 0 Å². The van der Waals surface area contributed by atoms with E-state index in [0.717, 1.165) is 26.1 Å². The Morgan fingerprint density at radius 2 is 1.86 bits per heavy atom. The molecule has 1 N–H and O–H groups in total. The molecule has 0 aromatic heterocycles. The maximum absolute atomic E-state index is 5.91. The van der Waals surface area contributed by atoms with Crippen molar-refractivity contribution in [3.8, 4) is 0 Å². The zero-order valence-corrected chi connectivity index (χ0v) is 14.7. The molecule has 0 heterocycles. The van der Waals surface area contributed by atoms with E-state index in [2.05, 4.69) is 71.1 Å². The molecule has 2 nitrogen and oxygen atoms in total. The highest BCUT2D eigenvalue weighted by Crippen LogP contribution is 2.21. The van der Waals surface area contributed by atoms with E-state index in [1.165, 1.54) is 11.1 Å². The molecule has 1 rings (SSSR count). The van der Waals surface area contributed by atoms with Gasteiger partial charge >= 0.3 is 0 Å². The highest BCUT2D eigenvalue weighted by Gasteiger charge is 2.15. The van der Waals surface area contributed by atoms with Gasteiger partial charge in [-0.1, -0.05) is 43.7 Å². The van der Waals surface area contributed by atoms with Gasteiger partial charge in [-0.05, 0) is 58.1 Å². The number of hydrogen-bond donors (Lipinski definition) is 1. The first-order valence-electron chi connectivity index (χ1n) is 8.19. The Morgan fingerprint density at radius 1 is 1.14 bits per heavy atom.